The van der Waals surface area contributed by atoms with Crippen LogP contribution in [0.5, 0.6) is 0 Å². The molecular weight excluding hydrogens is 334 g/mol. The summed E-state index contributed by atoms with van der Waals surface area (Å²) in [6.45, 7) is 1.85. The van der Waals surface area contributed by atoms with E-state index in [0.717, 1.165) is 17.0 Å². The molecule has 2 aliphatic heterocycles. The van der Waals surface area contributed by atoms with Crippen LogP contribution in [0.15, 0.2) is 49.1 Å². The number of nitrogens with one attached hydrogen (secondary N) is 1. The fourth-order valence-corrected chi connectivity index (χ4v) is 2.70. The third kappa shape index (κ3) is 3.70. The number of aromatic nitrogens is 3. The molecule has 0 fully saturated rings. The molecule has 134 valence electrons. The summed E-state index contributed by atoms with van der Waals surface area (Å²) in [5.74, 6) is -1.31. The molecule has 2 atom stereocenters. The Kier molecular flexibility index (Phi) is 4.94. The number of hydrogen-bond donors (Lipinski definition) is 3. The van der Waals surface area contributed by atoms with E-state index in [1.54, 1.807) is 30.9 Å². The van der Waals surface area contributed by atoms with Gasteiger partial charge in [-0.1, -0.05) is 6.07 Å². The van der Waals surface area contributed by atoms with Crippen molar-refractivity contribution in [3.05, 3.63) is 60.3 Å². The van der Waals surface area contributed by atoms with Gasteiger partial charge in [0.1, 0.15) is 6.04 Å². The SMILES string of the molecule is C[C@@H](O)[C@H](NC(=O)c1cc2cncc-2n(Cc2ccccn2)c1)C(N)=O. The second-order valence-corrected chi connectivity index (χ2v) is 6.02. The highest BCUT2D eigenvalue weighted by molar-refractivity contribution is 5.98. The fourth-order valence-electron chi connectivity index (χ4n) is 2.70. The number of pyridine rings is 2. The first kappa shape index (κ1) is 17.6. The summed E-state index contributed by atoms with van der Waals surface area (Å²) in [5, 5.41) is 12.1. The van der Waals surface area contributed by atoms with Crippen molar-refractivity contribution in [1.82, 2.24) is 19.9 Å². The van der Waals surface area contributed by atoms with Gasteiger partial charge in [-0.3, -0.25) is 19.6 Å². The molecule has 3 rings (SSSR count). The zero-order chi connectivity index (χ0) is 18.7. The fraction of sp³-hybridized carbons (Fsp3) is 0.222. The molecule has 0 saturated heterocycles. The Hall–Kier alpha value is -3.26. The maximum atomic E-state index is 12.6. The van der Waals surface area contributed by atoms with E-state index >= 15 is 0 Å². The van der Waals surface area contributed by atoms with Gasteiger partial charge in [-0.2, -0.15) is 0 Å². The molecule has 8 heteroatoms. The average Bonchev–Trinajstić information content (AvgIpc) is 3.08. The van der Waals surface area contributed by atoms with Crippen molar-refractivity contribution in [1.29, 1.82) is 0 Å². The van der Waals surface area contributed by atoms with Crippen molar-refractivity contribution >= 4 is 11.8 Å². The van der Waals surface area contributed by atoms with Gasteiger partial charge in [0.15, 0.2) is 0 Å². The molecule has 0 spiro atoms. The Labute approximate surface area is 150 Å². The van der Waals surface area contributed by atoms with Crippen LogP contribution in [0.25, 0.3) is 11.3 Å². The van der Waals surface area contributed by atoms with Crippen molar-refractivity contribution in [3.8, 4) is 11.3 Å². The summed E-state index contributed by atoms with van der Waals surface area (Å²) in [5.41, 5.74) is 8.02. The molecule has 1 aromatic heterocycles. The highest BCUT2D eigenvalue weighted by Gasteiger charge is 2.24. The lowest BCUT2D eigenvalue weighted by Gasteiger charge is -2.19. The van der Waals surface area contributed by atoms with Crippen molar-refractivity contribution in [2.24, 2.45) is 5.73 Å². The molecule has 2 aliphatic rings. The van der Waals surface area contributed by atoms with E-state index in [-0.39, 0.29) is 0 Å². The van der Waals surface area contributed by atoms with Crippen LogP contribution in [0, 0.1) is 0 Å². The zero-order valence-electron chi connectivity index (χ0n) is 14.2. The van der Waals surface area contributed by atoms with Gasteiger partial charge >= 0.3 is 0 Å². The minimum absolute atomic E-state index is 0.327. The summed E-state index contributed by atoms with van der Waals surface area (Å²) < 4.78 is 1.86. The van der Waals surface area contributed by atoms with Gasteiger partial charge < -0.3 is 20.7 Å². The zero-order valence-corrected chi connectivity index (χ0v) is 14.2. The van der Waals surface area contributed by atoms with Crippen LogP contribution in [0.3, 0.4) is 0 Å². The second-order valence-electron chi connectivity index (χ2n) is 6.02. The predicted molar refractivity (Wildman–Crippen MR) is 94.3 cm³/mol. The number of aliphatic hydroxyl groups is 1. The first-order chi connectivity index (χ1) is 12.5. The molecule has 8 nitrogen and oxygen atoms in total. The van der Waals surface area contributed by atoms with Gasteiger partial charge in [0.25, 0.3) is 5.91 Å². The molecule has 0 aliphatic carbocycles. The highest BCUT2D eigenvalue weighted by atomic mass is 16.3. The Morgan fingerprint density at radius 2 is 2.15 bits per heavy atom. The van der Waals surface area contributed by atoms with Gasteiger partial charge in [0.05, 0.1) is 35.8 Å². The quantitative estimate of drug-likeness (QED) is 0.592. The molecule has 0 aromatic carbocycles. The third-order valence-corrected chi connectivity index (χ3v) is 4.02. The summed E-state index contributed by atoms with van der Waals surface area (Å²) in [7, 11) is 0. The molecule has 0 radical (unpaired) electrons. The summed E-state index contributed by atoms with van der Waals surface area (Å²) in [6.07, 6.45) is 5.63. The molecule has 0 bridgehead atoms. The van der Waals surface area contributed by atoms with Crippen LogP contribution < -0.4 is 11.1 Å². The molecule has 1 aromatic rings. The molecule has 2 amide bonds. The van der Waals surface area contributed by atoms with Crippen molar-refractivity contribution in [2.75, 3.05) is 0 Å². The Bertz CT molecular complexity index is 891. The molecule has 0 saturated carbocycles. The molecule has 3 heterocycles. The summed E-state index contributed by atoms with van der Waals surface area (Å²) in [4.78, 5) is 32.4. The van der Waals surface area contributed by atoms with Crippen molar-refractivity contribution in [2.45, 2.75) is 25.6 Å². The van der Waals surface area contributed by atoms with E-state index in [0.29, 0.717) is 12.1 Å². The molecule has 0 unspecified atom stereocenters. The van der Waals surface area contributed by atoms with E-state index in [2.05, 4.69) is 15.3 Å². The predicted octanol–water partition coefficient (Wildman–Crippen LogP) is 0.396. The second kappa shape index (κ2) is 7.32. The number of aliphatic hydroxyl groups excluding tert-OH is 1. The first-order valence-corrected chi connectivity index (χ1v) is 8.07. The molecular formula is C18H19N5O3. The topological polar surface area (TPSA) is 123 Å². The van der Waals surface area contributed by atoms with E-state index < -0.39 is 24.0 Å². The molecule has 26 heavy (non-hydrogen) atoms. The Morgan fingerprint density at radius 3 is 2.81 bits per heavy atom. The average molecular weight is 353 g/mol. The minimum atomic E-state index is -1.17. The number of nitrogens with two attached hydrogens (primary N) is 1. The number of primary amides is 1. The van der Waals surface area contributed by atoms with E-state index in [1.165, 1.54) is 6.92 Å². The van der Waals surface area contributed by atoms with Crippen LogP contribution >= 0.6 is 0 Å². The lowest BCUT2D eigenvalue weighted by molar-refractivity contribution is -0.122. The number of fused-ring (bicyclic) bond motifs is 1. The minimum Gasteiger partial charge on any atom is -0.391 e. The van der Waals surface area contributed by atoms with E-state index in [1.807, 2.05) is 22.8 Å². The number of nitrogens with zero attached hydrogens (tertiary/aromatic N) is 3. The number of rotatable bonds is 6. The Balaban J connectivity index is 1.93. The van der Waals surface area contributed by atoms with Gasteiger partial charge in [-0.15, -0.1) is 0 Å². The lowest BCUT2D eigenvalue weighted by atomic mass is 10.1. The first-order valence-electron chi connectivity index (χ1n) is 8.07. The van der Waals surface area contributed by atoms with Gasteiger partial charge in [-0.05, 0) is 25.1 Å². The van der Waals surface area contributed by atoms with Gasteiger partial charge in [0, 0.05) is 24.2 Å². The van der Waals surface area contributed by atoms with E-state index in [9.17, 15) is 14.7 Å². The van der Waals surface area contributed by atoms with Crippen molar-refractivity contribution in [3.63, 3.8) is 0 Å². The van der Waals surface area contributed by atoms with Crippen LogP contribution in [-0.4, -0.2) is 43.6 Å². The van der Waals surface area contributed by atoms with Crippen LogP contribution in [0.2, 0.25) is 0 Å². The summed E-state index contributed by atoms with van der Waals surface area (Å²) >= 11 is 0. The van der Waals surface area contributed by atoms with Gasteiger partial charge in [0.2, 0.25) is 5.91 Å². The van der Waals surface area contributed by atoms with Gasteiger partial charge in [-0.25, -0.2) is 0 Å². The van der Waals surface area contributed by atoms with Crippen LogP contribution in [0.4, 0.5) is 0 Å². The maximum absolute atomic E-state index is 12.6. The number of amides is 2. The Morgan fingerprint density at radius 1 is 1.35 bits per heavy atom. The number of carbonyl (C=O) groups excluding carboxylic acids is 2. The number of hydrogen-bond acceptors (Lipinski definition) is 5. The molecule has 4 N–H and O–H groups in total. The smallest absolute Gasteiger partial charge is 0.253 e. The highest BCUT2D eigenvalue weighted by Crippen LogP contribution is 2.23. The van der Waals surface area contributed by atoms with E-state index in [4.69, 9.17) is 5.73 Å². The monoisotopic (exact) mass is 353 g/mol. The lowest BCUT2D eigenvalue weighted by Crippen LogP contribution is -2.50. The van der Waals surface area contributed by atoms with Crippen molar-refractivity contribution < 1.29 is 14.7 Å². The summed E-state index contributed by atoms with van der Waals surface area (Å²) in [6, 6.07) is 6.11. The number of carbonyl (C=O) groups is 2. The normalized spacial score (nSPS) is 13.3. The standard InChI is InChI=1S/C18H19N5O3/c1-11(24)16(17(19)25)22-18(26)13-6-12-7-20-8-15(12)23(9-13)10-14-4-2-3-5-21-14/h2-9,11,16,24H,10H2,1H3,(H2,19,25)(H,22,26)/t11-,16+/m1/s1. The third-order valence-electron chi connectivity index (χ3n) is 4.02. The maximum Gasteiger partial charge on any atom is 0.253 e. The van der Waals surface area contributed by atoms with Crippen LogP contribution in [0.1, 0.15) is 23.0 Å². The largest absolute Gasteiger partial charge is 0.391 e. The van der Waals surface area contributed by atoms with Crippen LogP contribution in [-0.2, 0) is 11.3 Å².